The van der Waals surface area contributed by atoms with Crippen molar-refractivity contribution < 1.29 is 19.1 Å². The van der Waals surface area contributed by atoms with Crippen molar-refractivity contribution >= 4 is 17.8 Å². The number of benzene rings is 1. The third kappa shape index (κ3) is 2.67. The zero-order valence-electron chi connectivity index (χ0n) is 11.4. The zero-order chi connectivity index (χ0) is 14.2. The molecule has 0 amide bonds. The van der Waals surface area contributed by atoms with E-state index < -0.39 is 11.6 Å². The fourth-order valence-corrected chi connectivity index (χ4v) is 1.96. The third-order valence-corrected chi connectivity index (χ3v) is 2.81. The highest BCUT2D eigenvalue weighted by Gasteiger charge is 2.26. The molecular weight excluding hydrogens is 244 g/mol. The second kappa shape index (κ2) is 4.53. The number of hydrogen-bond acceptors (Lipinski definition) is 4. The Balaban J connectivity index is 2.60. The Hall–Kier alpha value is -2.10. The van der Waals surface area contributed by atoms with Crippen molar-refractivity contribution in [1.29, 1.82) is 0 Å². The predicted molar refractivity (Wildman–Crippen MR) is 71.5 cm³/mol. The largest absolute Gasteiger partial charge is 0.483 e. The molecule has 1 aliphatic rings. The first kappa shape index (κ1) is 13.3. The van der Waals surface area contributed by atoms with Crippen molar-refractivity contribution in [1.82, 2.24) is 0 Å². The van der Waals surface area contributed by atoms with Gasteiger partial charge in [0.25, 0.3) is 0 Å². The van der Waals surface area contributed by atoms with Gasteiger partial charge >= 0.3 is 5.97 Å². The van der Waals surface area contributed by atoms with Crippen LogP contribution in [0.3, 0.4) is 0 Å². The van der Waals surface area contributed by atoms with Crippen LogP contribution in [0.5, 0.6) is 11.5 Å². The number of esters is 1. The number of ether oxygens (including phenoxy) is 2. The Bertz CT molecular complexity index is 582. The Morgan fingerprint density at radius 3 is 2.47 bits per heavy atom. The quantitative estimate of drug-likeness (QED) is 0.466. The standard InChI is InChI=1S/C15H16O4/c1-9(16)11-5-6-13-12(14(11)18-10(2)17)7-8-15(3,4)19-13/h5-8H,1-4H3. The average molecular weight is 260 g/mol. The lowest BCUT2D eigenvalue weighted by molar-refractivity contribution is -0.131. The van der Waals surface area contributed by atoms with Gasteiger partial charge in [0.05, 0.1) is 11.1 Å². The molecule has 0 saturated heterocycles. The summed E-state index contributed by atoms with van der Waals surface area (Å²) in [7, 11) is 0. The number of ketones is 1. The van der Waals surface area contributed by atoms with Crippen LogP contribution in [0.2, 0.25) is 0 Å². The summed E-state index contributed by atoms with van der Waals surface area (Å²) in [5.74, 6) is 0.254. The first-order valence-electron chi connectivity index (χ1n) is 6.05. The molecule has 0 spiro atoms. The SMILES string of the molecule is CC(=O)Oc1c(C(C)=O)ccc2c1C=CC(C)(C)O2. The highest BCUT2D eigenvalue weighted by molar-refractivity contribution is 5.99. The van der Waals surface area contributed by atoms with Gasteiger partial charge < -0.3 is 9.47 Å². The van der Waals surface area contributed by atoms with E-state index in [0.717, 1.165) is 0 Å². The molecule has 100 valence electrons. The van der Waals surface area contributed by atoms with Gasteiger partial charge in [-0.25, -0.2) is 0 Å². The fraction of sp³-hybridized carbons (Fsp3) is 0.333. The molecule has 0 saturated carbocycles. The third-order valence-electron chi connectivity index (χ3n) is 2.81. The van der Waals surface area contributed by atoms with Crippen molar-refractivity contribution in [2.45, 2.75) is 33.3 Å². The van der Waals surface area contributed by atoms with Gasteiger partial charge in [-0.2, -0.15) is 0 Å². The second-order valence-electron chi connectivity index (χ2n) is 5.04. The van der Waals surface area contributed by atoms with Gasteiger partial charge in [0.2, 0.25) is 0 Å². The predicted octanol–water partition coefficient (Wildman–Crippen LogP) is 3.00. The lowest BCUT2D eigenvalue weighted by Gasteiger charge is -2.29. The van der Waals surface area contributed by atoms with E-state index in [4.69, 9.17) is 9.47 Å². The fourth-order valence-electron chi connectivity index (χ4n) is 1.96. The molecule has 0 aliphatic carbocycles. The summed E-state index contributed by atoms with van der Waals surface area (Å²) in [6.07, 6.45) is 3.69. The molecule has 0 N–H and O–H groups in total. The van der Waals surface area contributed by atoms with Gasteiger partial charge in [-0.05, 0) is 45.1 Å². The van der Waals surface area contributed by atoms with Crippen LogP contribution in [0.1, 0.15) is 43.6 Å². The van der Waals surface area contributed by atoms with Crippen LogP contribution >= 0.6 is 0 Å². The Labute approximate surface area is 112 Å². The zero-order valence-corrected chi connectivity index (χ0v) is 11.4. The summed E-state index contributed by atoms with van der Waals surface area (Å²) >= 11 is 0. The summed E-state index contributed by atoms with van der Waals surface area (Å²) < 4.78 is 11.0. The minimum absolute atomic E-state index is 0.155. The van der Waals surface area contributed by atoms with Crippen molar-refractivity contribution in [2.24, 2.45) is 0 Å². The van der Waals surface area contributed by atoms with Crippen LogP contribution in [-0.4, -0.2) is 17.4 Å². The van der Waals surface area contributed by atoms with Gasteiger partial charge in [0.1, 0.15) is 11.4 Å². The highest BCUT2D eigenvalue weighted by atomic mass is 16.5. The van der Waals surface area contributed by atoms with Crippen molar-refractivity contribution in [3.8, 4) is 11.5 Å². The van der Waals surface area contributed by atoms with Gasteiger partial charge in [0, 0.05) is 6.92 Å². The molecule has 0 radical (unpaired) electrons. The molecule has 1 aromatic carbocycles. The maximum Gasteiger partial charge on any atom is 0.308 e. The van der Waals surface area contributed by atoms with E-state index in [9.17, 15) is 9.59 Å². The van der Waals surface area contributed by atoms with Crippen LogP contribution in [0, 0.1) is 0 Å². The molecule has 0 atom stereocenters. The normalized spacial score (nSPS) is 15.4. The minimum atomic E-state index is -0.464. The first-order chi connectivity index (χ1) is 8.80. The van der Waals surface area contributed by atoms with E-state index in [1.807, 2.05) is 26.0 Å². The van der Waals surface area contributed by atoms with Crippen molar-refractivity contribution in [2.75, 3.05) is 0 Å². The van der Waals surface area contributed by atoms with Crippen LogP contribution in [0.4, 0.5) is 0 Å². The summed E-state index contributed by atoms with van der Waals surface area (Å²) in [5, 5.41) is 0. The van der Waals surface area contributed by atoms with E-state index in [1.165, 1.54) is 13.8 Å². The molecule has 0 aromatic heterocycles. The van der Waals surface area contributed by atoms with Crippen LogP contribution in [0.25, 0.3) is 6.08 Å². The Morgan fingerprint density at radius 2 is 1.89 bits per heavy atom. The maximum absolute atomic E-state index is 11.6. The molecule has 4 nitrogen and oxygen atoms in total. The molecule has 0 unspecified atom stereocenters. The van der Waals surface area contributed by atoms with Crippen LogP contribution in [-0.2, 0) is 4.79 Å². The lowest BCUT2D eigenvalue weighted by Crippen LogP contribution is -2.27. The van der Waals surface area contributed by atoms with E-state index in [2.05, 4.69) is 0 Å². The number of rotatable bonds is 2. The smallest absolute Gasteiger partial charge is 0.308 e. The van der Waals surface area contributed by atoms with Gasteiger partial charge in [-0.1, -0.05) is 0 Å². The monoisotopic (exact) mass is 260 g/mol. The van der Waals surface area contributed by atoms with Gasteiger partial charge in [0.15, 0.2) is 11.5 Å². The highest BCUT2D eigenvalue weighted by Crippen LogP contribution is 2.39. The Kier molecular flexibility index (Phi) is 3.18. The number of hydrogen-bond donors (Lipinski definition) is 0. The minimum Gasteiger partial charge on any atom is -0.483 e. The summed E-state index contributed by atoms with van der Waals surface area (Å²) in [6, 6.07) is 3.35. The van der Waals surface area contributed by atoms with E-state index in [-0.39, 0.29) is 11.5 Å². The average Bonchev–Trinajstić information content (AvgIpc) is 2.26. The van der Waals surface area contributed by atoms with E-state index >= 15 is 0 Å². The molecule has 19 heavy (non-hydrogen) atoms. The van der Waals surface area contributed by atoms with Crippen molar-refractivity contribution in [3.05, 3.63) is 29.3 Å². The number of fused-ring (bicyclic) bond motifs is 1. The molecule has 4 heteroatoms. The summed E-state index contributed by atoms with van der Waals surface area (Å²) in [5.41, 5.74) is 0.585. The van der Waals surface area contributed by atoms with Crippen LogP contribution in [0.15, 0.2) is 18.2 Å². The number of carbonyl (C=O) groups is 2. The molecule has 2 rings (SSSR count). The number of Topliss-reactive ketones (excluding diaryl/α,β-unsaturated/α-hetero) is 1. The molecule has 1 aliphatic heterocycles. The van der Waals surface area contributed by atoms with Gasteiger partial charge in [-0.15, -0.1) is 0 Å². The molecule has 1 aromatic rings. The lowest BCUT2D eigenvalue weighted by atomic mass is 9.98. The summed E-state index contributed by atoms with van der Waals surface area (Å²) in [6.45, 7) is 6.60. The van der Waals surface area contributed by atoms with Crippen molar-refractivity contribution in [3.63, 3.8) is 0 Å². The topological polar surface area (TPSA) is 52.6 Å². The summed E-state index contributed by atoms with van der Waals surface area (Å²) in [4.78, 5) is 22.8. The first-order valence-corrected chi connectivity index (χ1v) is 6.05. The van der Waals surface area contributed by atoms with E-state index in [0.29, 0.717) is 16.9 Å². The number of carbonyl (C=O) groups excluding carboxylic acids is 2. The molecule has 1 heterocycles. The maximum atomic E-state index is 11.6. The van der Waals surface area contributed by atoms with E-state index in [1.54, 1.807) is 12.1 Å². The Morgan fingerprint density at radius 1 is 1.21 bits per heavy atom. The van der Waals surface area contributed by atoms with Crippen LogP contribution < -0.4 is 9.47 Å². The molecule has 0 fully saturated rings. The second-order valence-corrected chi connectivity index (χ2v) is 5.04. The molecular formula is C15H16O4. The molecule has 0 bridgehead atoms. The van der Waals surface area contributed by atoms with Gasteiger partial charge in [-0.3, -0.25) is 9.59 Å².